The summed E-state index contributed by atoms with van der Waals surface area (Å²) in [5.74, 6) is -0.949. The van der Waals surface area contributed by atoms with E-state index in [1.54, 1.807) is 12.1 Å². The molecule has 1 saturated carbocycles. The van der Waals surface area contributed by atoms with Crippen molar-refractivity contribution >= 4 is 39.1 Å². The summed E-state index contributed by atoms with van der Waals surface area (Å²) in [5.41, 5.74) is 1.09. The highest BCUT2D eigenvalue weighted by Crippen LogP contribution is 2.25. The molecule has 9 heteroatoms. The Labute approximate surface area is 168 Å². The van der Waals surface area contributed by atoms with Crippen molar-refractivity contribution in [3.8, 4) is 0 Å². The maximum Gasteiger partial charge on any atom is 0.255 e. The standard InChI is InChI=1S/C20H19N3O5S/c24-18-10-11-19(25)23(18)16-8-4-13(5-9-16)20(26)21-15-2-1-3-17(12-15)29(27,28)22-14-6-7-14/h1-5,8-9,12,14,22H,6-7,10-11H2,(H,21,26). The highest BCUT2D eigenvalue weighted by Gasteiger charge is 2.30. The molecule has 0 unspecified atom stereocenters. The SMILES string of the molecule is O=C(Nc1cccc(S(=O)(=O)NC2CC2)c1)c1ccc(N2C(=O)CCC2=O)cc1. The molecule has 2 aliphatic rings. The Morgan fingerprint density at radius 3 is 2.24 bits per heavy atom. The van der Waals surface area contributed by atoms with E-state index < -0.39 is 15.9 Å². The van der Waals surface area contributed by atoms with Gasteiger partial charge < -0.3 is 5.32 Å². The van der Waals surface area contributed by atoms with Crippen LogP contribution in [0.25, 0.3) is 0 Å². The van der Waals surface area contributed by atoms with Crippen molar-refractivity contribution in [2.24, 2.45) is 0 Å². The average molecular weight is 413 g/mol. The summed E-state index contributed by atoms with van der Waals surface area (Å²) in [7, 11) is -3.62. The van der Waals surface area contributed by atoms with Crippen molar-refractivity contribution in [1.82, 2.24) is 4.72 Å². The molecule has 1 aliphatic heterocycles. The lowest BCUT2D eigenvalue weighted by atomic mass is 10.1. The van der Waals surface area contributed by atoms with Gasteiger partial charge in [-0.15, -0.1) is 0 Å². The highest BCUT2D eigenvalue weighted by molar-refractivity contribution is 7.89. The van der Waals surface area contributed by atoms with Crippen LogP contribution in [0.1, 0.15) is 36.0 Å². The summed E-state index contributed by atoms with van der Waals surface area (Å²) in [5, 5.41) is 2.67. The van der Waals surface area contributed by atoms with Gasteiger partial charge in [-0.05, 0) is 55.3 Å². The largest absolute Gasteiger partial charge is 0.322 e. The topological polar surface area (TPSA) is 113 Å². The van der Waals surface area contributed by atoms with E-state index in [0.29, 0.717) is 16.9 Å². The first-order valence-corrected chi connectivity index (χ1v) is 10.7. The second kappa shape index (κ2) is 7.41. The van der Waals surface area contributed by atoms with Crippen LogP contribution in [0.5, 0.6) is 0 Å². The Morgan fingerprint density at radius 2 is 1.62 bits per heavy atom. The van der Waals surface area contributed by atoms with Crippen LogP contribution in [0.3, 0.4) is 0 Å². The zero-order valence-corrected chi connectivity index (χ0v) is 16.2. The van der Waals surface area contributed by atoms with Crippen LogP contribution in [0.4, 0.5) is 11.4 Å². The van der Waals surface area contributed by atoms with Crippen molar-refractivity contribution in [2.75, 3.05) is 10.2 Å². The van der Waals surface area contributed by atoms with Crippen LogP contribution in [0.15, 0.2) is 53.4 Å². The molecule has 1 saturated heterocycles. The van der Waals surface area contributed by atoms with Gasteiger partial charge in [0, 0.05) is 30.1 Å². The van der Waals surface area contributed by atoms with E-state index in [1.165, 1.54) is 36.4 Å². The Morgan fingerprint density at radius 1 is 0.966 bits per heavy atom. The van der Waals surface area contributed by atoms with Gasteiger partial charge in [0.05, 0.1) is 10.6 Å². The van der Waals surface area contributed by atoms with Crippen molar-refractivity contribution in [3.63, 3.8) is 0 Å². The third-order valence-corrected chi connectivity index (χ3v) is 6.26. The van der Waals surface area contributed by atoms with Crippen molar-refractivity contribution in [3.05, 3.63) is 54.1 Å². The van der Waals surface area contributed by atoms with Gasteiger partial charge in [0.2, 0.25) is 21.8 Å². The van der Waals surface area contributed by atoms with Gasteiger partial charge in [0.1, 0.15) is 0 Å². The van der Waals surface area contributed by atoms with Crippen LogP contribution >= 0.6 is 0 Å². The fraction of sp³-hybridized carbons (Fsp3) is 0.250. The second-order valence-corrected chi connectivity index (χ2v) is 8.76. The maximum atomic E-state index is 12.5. The molecule has 0 atom stereocenters. The van der Waals surface area contributed by atoms with E-state index in [1.807, 2.05) is 0 Å². The van der Waals surface area contributed by atoms with Gasteiger partial charge >= 0.3 is 0 Å². The lowest BCUT2D eigenvalue weighted by Crippen LogP contribution is -2.28. The van der Waals surface area contributed by atoms with E-state index in [9.17, 15) is 22.8 Å². The first-order chi connectivity index (χ1) is 13.8. The van der Waals surface area contributed by atoms with Gasteiger partial charge in [-0.2, -0.15) is 0 Å². The molecule has 2 aromatic carbocycles. The molecular formula is C20H19N3O5S. The molecule has 3 amide bonds. The van der Waals surface area contributed by atoms with Crippen LogP contribution in [-0.2, 0) is 19.6 Å². The number of sulfonamides is 1. The number of carbonyl (C=O) groups excluding carboxylic acids is 3. The summed E-state index contributed by atoms with van der Waals surface area (Å²) in [4.78, 5) is 37.3. The van der Waals surface area contributed by atoms with E-state index in [-0.39, 0.29) is 35.6 Å². The first-order valence-electron chi connectivity index (χ1n) is 9.23. The molecule has 2 N–H and O–H groups in total. The van der Waals surface area contributed by atoms with E-state index >= 15 is 0 Å². The zero-order chi connectivity index (χ0) is 20.6. The zero-order valence-electron chi connectivity index (χ0n) is 15.4. The number of anilines is 2. The Kier molecular flexibility index (Phi) is 4.93. The van der Waals surface area contributed by atoms with E-state index in [2.05, 4.69) is 10.0 Å². The molecule has 2 aromatic rings. The fourth-order valence-electron chi connectivity index (χ4n) is 3.06. The molecule has 0 radical (unpaired) electrons. The van der Waals surface area contributed by atoms with Gasteiger partial charge in [0.15, 0.2) is 0 Å². The van der Waals surface area contributed by atoms with E-state index in [4.69, 9.17) is 0 Å². The number of benzene rings is 2. The average Bonchev–Trinajstić information content (AvgIpc) is 3.44. The van der Waals surface area contributed by atoms with Gasteiger partial charge in [-0.25, -0.2) is 13.1 Å². The molecule has 0 bridgehead atoms. The smallest absolute Gasteiger partial charge is 0.255 e. The van der Waals surface area contributed by atoms with Crippen LogP contribution < -0.4 is 14.9 Å². The minimum Gasteiger partial charge on any atom is -0.322 e. The Bertz CT molecular complexity index is 1080. The molecular weight excluding hydrogens is 394 g/mol. The number of nitrogens with one attached hydrogen (secondary N) is 2. The molecule has 1 aliphatic carbocycles. The lowest BCUT2D eigenvalue weighted by molar-refractivity contribution is -0.121. The van der Waals surface area contributed by atoms with Crippen LogP contribution in [0.2, 0.25) is 0 Å². The van der Waals surface area contributed by atoms with Gasteiger partial charge in [0.25, 0.3) is 5.91 Å². The summed E-state index contributed by atoms with van der Waals surface area (Å²) >= 11 is 0. The van der Waals surface area contributed by atoms with Crippen molar-refractivity contribution in [1.29, 1.82) is 0 Å². The molecule has 29 heavy (non-hydrogen) atoms. The summed E-state index contributed by atoms with van der Waals surface area (Å²) < 4.78 is 27.2. The van der Waals surface area contributed by atoms with Crippen LogP contribution in [0, 0.1) is 0 Å². The molecule has 2 fully saturated rings. The number of hydrogen-bond donors (Lipinski definition) is 2. The number of carbonyl (C=O) groups is 3. The highest BCUT2D eigenvalue weighted by atomic mass is 32.2. The summed E-state index contributed by atoms with van der Waals surface area (Å²) in [6, 6.07) is 12.1. The molecule has 1 heterocycles. The second-order valence-electron chi connectivity index (χ2n) is 7.05. The number of rotatable bonds is 6. The summed E-state index contributed by atoms with van der Waals surface area (Å²) in [6.07, 6.45) is 2.05. The third-order valence-electron chi connectivity index (χ3n) is 4.74. The molecule has 0 aromatic heterocycles. The third kappa shape index (κ3) is 4.20. The molecule has 0 spiro atoms. The van der Waals surface area contributed by atoms with Crippen LogP contribution in [-0.4, -0.2) is 32.2 Å². The molecule has 4 rings (SSSR count). The predicted molar refractivity (Wildman–Crippen MR) is 106 cm³/mol. The number of nitrogens with zero attached hydrogens (tertiary/aromatic N) is 1. The number of imide groups is 1. The maximum absolute atomic E-state index is 12.5. The minimum atomic E-state index is -3.62. The first kappa shape index (κ1) is 19.3. The normalized spacial score (nSPS) is 16.9. The number of amides is 3. The van der Waals surface area contributed by atoms with Gasteiger partial charge in [-0.3, -0.25) is 19.3 Å². The number of hydrogen-bond acceptors (Lipinski definition) is 5. The van der Waals surface area contributed by atoms with Gasteiger partial charge in [-0.1, -0.05) is 6.07 Å². The summed E-state index contributed by atoms with van der Waals surface area (Å²) in [6.45, 7) is 0. The Hall–Kier alpha value is -3.04. The van der Waals surface area contributed by atoms with Crippen molar-refractivity contribution in [2.45, 2.75) is 36.6 Å². The molecule has 150 valence electrons. The Balaban J connectivity index is 1.47. The molecule has 8 nitrogen and oxygen atoms in total. The van der Waals surface area contributed by atoms with Crippen molar-refractivity contribution < 1.29 is 22.8 Å². The fourth-order valence-corrected chi connectivity index (χ4v) is 4.41. The predicted octanol–water partition coefficient (Wildman–Crippen LogP) is 2.03. The lowest BCUT2D eigenvalue weighted by Gasteiger charge is -2.14. The monoisotopic (exact) mass is 413 g/mol. The quantitative estimate of drug-likeness (QED) is 0.704. The van der Waals surface area contributed by atoms with E-state index in [0.717, 1.165) is 17.7 Å². The minimum absolute atomic E-state index is 0.00821.